The largest absolute Gasteiger partial charge is 0.496 e. The Labute approximate surface area is 113 Å². The SMILES string of the molecule is COc1ccc(COCCC2CC2)cc1/C(N)=N/O. The highest BCUT2D eigenvalue weighted by atomic mass is 16.5. The second kappa shape index (κ2) is 6.43. The van der Waals surface area contributed by atoms with Crippen molar-refractivity contribution in [2.45, 2.75) is 25.9 Å². The van der Waals surface area contributed by atoms with E-state index in [1.54, 1.807) is 13.2 Å². The molecular formula is C14H20N2O3. The third-order valence-corrected chi connectivity index (χ3v) is 3.28. The quantitative estimate of drug-likeness (QED) is 0.260. The second-order valence-corrected chi connectivity index (χ2v) is 4.80. The van der Waals surface area contributed by atoms with Crippen LogP contribution in [0.3, 0.4) is 0 Å². The lowest BCUT2D eigenvalue weighted by Crippen LogP contribution is -2.15. The number of methoxy groups -OCH3 is 1. The van der Waals surface area contributed by atoms with E-state index < -0.39 is 0 Å². The summed E-state index contributed by atoms with van der Waals surface area (Å²) in [7, 11) is 1.55. The van der Waals surface area contributed by atoms with Gasteiger partial charge in [0.05, 0.1) is 19.3 Å². The molecule has 0 unspecified atom stereocenters. The van der Waals surface area contributed by atoms with Gasteiger partial charge >= 0.3 is 0 Å². The molecule has 1 fully saturated rings. The van der Waals surface area contributed by atoms with Crippen LogP contribution in [0.15, 0.2) is 23.4 Å². The van der Waals surface area contributed by atoms with Crippen LogP contribution in [0.1, 0.15) is 30.4 Å². The van der Waals surface area contributed by atoms with Crippen LogP contribution in [0.5, 0.6) is 5.75 Å². The predicted molar refractivity (Wildman–Crippen MR) is 72.5 cm³/mol. The first-order chi connectivity index (χ1) is 9.24. The summed E-state index contributed by atoms with van der Waals surface area (Å²) in [6, 6.07) is 5.54. The molecule has 0 aliphatic heterocycles. The zero-order valence-electron chi connectivity index (χ0n) is 11.1. The van der Waals surface area contributed by atoms with Gasteiger partial charge in [-0.15, -0.1) is 0 Å². The molecule has 1 aromatic carbocycles. The van der Waals surface area contributed by atoms with Crippen molar-refractivity contribution in [3.05, 3.63) is 29.3 Å². The Kier molecular flexibility index (Phi) is 4.63. The van der Waals surface area contributed by atoms with Crippen molar-refractivity contribution in [3.63, 3.8) is 0 Å². The lowest BCUT2D eigenvalue weighted by Gasteiger charge is -2.10. The summed E-state index contributed by atoms with van der Waals surface area (Å²) in [6.45, 7) is 1.32. The molecule has 1 aromatic rings. The van der Waals surface area contributed by atoms with Crippen LogP contribution in [-0.4, -0.2) is 24.8 Å². The molecule has 1 saturated carbocycles. The first-order valence-corrected chi connectivity index (χ1v) is 6.47. The molecule has 0 radical (unpaired) electrons. The van der Waals surface area contributed by atoms with E-state index in [1.165, 1.54) is 12.8 Å². The van der Waals surface area contributed by atoms with Gasteiger partial charge in [0.25, 0.3) is 0 Å². The van der Waals surface area contributed by atoms with Crippen LogP contribution in [-0.2, 0) is 11.3 Å². The highest BCUT2D eigenvalue weighted by molar-refractivity contribution is 5.99. The molecular weight excluding hydrogens is 244 g/mol. The highest BCUT2D eigenvalue weighted by Crippen LogP contribution is 2.32. The van der Waals surface area contributed by atoms with E-state index in [-0.39, 0.29) is 5.84 Å². The van der Waals surface area contributed by atoms with Gasteiger partial charge in [0.1, 0.15) is 5.75 Å². The summed E-state index contributed by atoms with van der Waals surface area (Å²) >= 11 is 0. The Hall–Kier alpha value is -1.75. The van der Waals surface area contributed by atoms with E-state index in [2.05, 4.69) is 5.16 Å². The number of hydrogen-bond donors (Lipinski definition) is 2. The molecule has 3 N–H and O–H groups in total. The van der Waals surface area contributed by atoms with E-state index in [9.17, 15) is 0 Å². The molecule has 0 spiro atoms. The second-order valence-electron chi connectivity index (χ2n) is 4.80. The lowest BCUT2D eigenvalue weighted by atomic mass is 10.1. The van der Waals surface area contributed by atoms with Gasteiger partial charge in [0.15, 0.2) is 5.84 Å². The van der Waals surface area contributed by atoms with Crippen LogP contribution in [0.2, 0.25) is 0 Å². The van der Waals surface area contributed by atoms with Crippen molar-refractivity contribution in [1.82, 2.24) is 0 Å². The number of oxime groups is 1. The Balaban J connectivity index is 1.95. The number of nitrogens with two attached hydrogens (primary N) is 1. The zero-order chi connectivity index (χ0) is 13.7. The summed E-state index contributed by atoms with van der Waals surface area (Å²) in [6.07, 6.45) is 3.84. The summed E-state index contributed by atoms with van der Waals surface area (Å²) in [5.74, 6) is 1.50. The maximum Gasteiger partial charge on any atom is 0.173 e. The van der Waals surface area contributed by atoms with Gasteiger partial charge in [-0.25, -0.2) is 0 Å². The third kappa shape index (κ3) is 3.86. The first kappa shape index (κ1) is 13.7. The Morgan fingerprint density at radius 1 is 1.47 bits per heavy atom. The predicted octanol–water partition coefficient (Wildman–Crippen LogP) is 2.11. The monoisotopic (exact) mass is 264 g/mol. The molecule has 0 aromatic heterocycles. The minimum atomic E-state index is 0.0386. The first-order valence-electron chi connectivity index (χ1n) is 6.47. The fourth-order valence-corrected chi connectivity index (χ4v) is 1.95. The van der Waals surface area contributed by atoms with E-state index in [4.69, 9.17) is 20.4 Å². The average molecular weight is 264 g/mol. The van der Waals surface area contributed by atoms with E-state index >= 15 is 0 Å². The van der Waals surface area contributed by atoms with E-state index in [1.807, 2.05) is 12.1 Å². The molecule has 0 amide bonds. The van der Waals surface area contributed by atoms with Crippen molar-refractivity contribution in [3.8, 4) is 5.75 Å². The fourth-order valence-electron chi connectivity index (χ4n) is 1.95. The van der Waals surface area contributed by atoms with Crippen molar-refractivity contribution in [2.24, 2.45) is 16.8 Å². The van der Waals surface area contributed by atoms with Crippen LogP contribution in [0.4, 0.5) is 0 Å². The van der Waals surface area contributed by atoms with Crippen molar-refractivity contribution in [2.75, 3.05) is 13.7 Å². The van der Waals surface area contributed by atoms with Gasteiger partial charge < -0.3 is 20.4 Å². The van der Waals surface area contributed by atoms with Crippen LogP contribution >= 0.6 is 0 Å². The van der Waals surface area contributed by atoms with Gasteiger partial charge in [-0.1, -0.05) is 24.1 Å². The molecule has 0 atom stereocenters. The molecule has 1 aliphatic carbocycles. The summed E-state index contributed by atoms with van der Waals surface area (Å²) in [5, 5.41) is 11.8. The fraction of sp³-hybridized carbons (Fsp3) is 0.500. The Bertz CT molecular complexity index is 456. The van der Waals surface area contributed by atoms with Gasteiger partial charge in [0.2, 0.25) is 0 Å². The number of ether oxygens (including phenoxy) is 2. The van der Waals surface area contributed by atoms with Crippen molar-refractivity contribution in [1.29, 1.82) is 0 Å². The molecule has 104 valence electrons. The number of hydrogen-bond acceptors (Lipinski definition) is 4. The molecule has 1 aliphatic rings. The van der Waals surface area contributed by atoms with E-state index in [0.717, 1.165) is 24.5 Å². The van der Waals surface area contributed by atoms with Crippen LogP contribution in [0, 0.1) is 5.92 Å². The zero-order valence-corrected chi connectivity index (χ0v) is 11.1. The minimum Gasteiger partial charge on any atom is -0.496 e. The molecule has 19 heavy (non-hydrogen) atoms. The van der Waals surface area contributed by atoms with Crippen molar-refractivity contribution >= 4 is 5.84 Å². The normalized spacial score (nSPS) is 15.5. The van der Waals surface area contributed by atoms with Gasteiger partial charge in [-0.2, -0.15) is 0 Å². The Morgan fingerprint density at radius 3 is 2.89 bits per heavy atom. The number of amidine groups is 1. The minimum absolute atomic E-state index is 0.0386. The smallest absolute Gasteiger partial charge is 0.173 e. The lowest BCUT2D eigenvalue weighted by molar-refractivity contribution is 0.115. The van der Waals surface area contributed by atoms with Crippen LogP contribution in [0.25, 0.3) is 0 Å². The molecule has 0 saturated heterocycles. The molecule has 5 heteroatoms. The van der Waals surface area contributed by atoms with Gasteiger partial charge in [-0.05, 0) is 30.0 Å². The molecule has 5 nitrogen and oxygen atoms in total. The summed E-state index contributed by atoms with van der Waals surface area (Å²) < 4.78 is 10.8. The maximum absolute atomic E-state index is 8.76. The average Bonchev–Trinajstić information content (AvgIpc) is 3.26. The van der Waals surface area contributed by atoms with E-state index in [0.29, 0.717) is 17.9 Å². The number of benzene rings is 1. The summed E-state index contributed by atoms with van der Waals surface area (Å²) in [4.78, 5) is 0. The Morgan fingerprint density at radius 2 is 2.26 bits per heavy atom. The highest BCUT2D eigenvalue weighted by Gasteiger charge is 2.20. The van der Waals surface area contributed by atoms with Gasteiger partial charge in [-0.3, -0.25) is 0 Å². The molecule has 0 bridgehead atoms. The van der Waals surface area contributed by atoms with Gasteiger partial charge in [0, 0.05) is 6.61 Å². The topological polar surface area (TPSA) is 77.1 Å². The maximum atomic E-state index is 8.76. The number of rotatable bonds is 7. The standard InChI is InChI=1S/C14H20N2O3/c1-18-13-5-4-11(8-12(13)14(15)16-17)9-19-7-6-10-2-3-10/h4-5,8,10,17H,2-3,6-7,9H2,1H3,(H2,15,16). The van der Waals surface area contributed by atoms with Crippen LogP contribution < -0.4 is 10.5 Å². The molecule has 0 heterocycles. The molecule has 2 rings (SSSR count). The third-order valence-electron chi connectivity index (χ3n) is 3.28. The number of nitrogens with zero attached hydrogens (tertiary/aromatic N) is 1. The van der Waals surface area contributed by atoms with Crippen molar-refractivity contribution < 1.29 is 14.7 Å². The summed E-state index contributed by atoms with van der Waals surface area (Å²) in [5.41, 5.74) is 7.18.